The van der Waals surface area contributed by atoms with Gasteiger partial charge in [0.25, 0.3) is 0 Å². The summed E-state index contributed by atoms with van der Waals surface area (Å²) in [6.45, 7) is 3.75. The lowest BCUT2D eigenvalue weighted by Gasteiger charge is -2.26. The Labute approximate surface area is 111 Å². The van der Waals surface area contributed by atoms with Crippen LogP contribution in [0.3, 0.4) is 0 Å². The van der Waals surface area contributed by atoms with E-state index in [9.17, 15) is 5.11 Å². The molecule has 0 spiro atoms. The Balaban J connectivity index is 2.96. The zero-order valence-electron chi connectivity index (χ0n) is 10.3. The first-order valence-corrected chi connectivity index (χ1v) is 6.34. The van der Waals surface area contributed by atoms with Crippen LogP contribution in [0.4, 0.5) is 5.69 Å². The average Bonchev–Trinajstić information content (AvgIpc) is 2.28. The number of halogens is 1. The van der Waals surface area contributed by atoms with Crippen LogP contribution in [0.25, 0.3) is 0 Å². The van der Waals surface area contributed by atoms with Crippen LogP contribution >= 0.6 is 15.9 Å². The van der Waals surface area contributed by atoms with E-state index in [1.54, 1.807) is 6.92 Å². The number of hydrogen-bond donors (Lipinski definition) is 1. The maximum Gasteiger partial charge on any atom is 0.0762 e. The van der Waals surface area contributed by atoms with Crippen LogP contribution in [0, 0.1) is 11.3 Å². The van der Waals surface area contributed by atoms with Crippen LogP contribution in [0.2, 0.25) is 0 Å². The minimum Gasteiger partial charge on any atom is -0.389 e. The molecular weight excluding hydrogens is 280 g/mol. The summed E-state index contributed by atoms with van der Waals surface area (Å²) >= 11 is 3.50. The number of aliphatic hydroxyl groups excluding tert-OH is 1. The lowest BCUT2D eigenvalue weighted by molar-refractivity contribution is 0.199. The van der Waals surface area contributed by atoms with Gasteiger partial charge in [-0.3, -0.25) is 0 Å². The van der Waals surface area contributed by atoms with Crippen molar-refractivity contribution >= 4 is 21.6 Å². The third-order valence-electron chi connectivity index (χ3n) is 2.88. The number of nitriles is 1. The van der Waals surface area contributed by atoms with Crippen molar-refractivity contribution in [3.8, 4) is 6.07 Å². The molecule has 0 aliphatic rings. The van der Waals surface area contributed by atoms with Crippen LogP contribution in [0.1, 0.15) is 31.9 Å². The summed E-state index contributed by atoms with van der Waals surface area (Å²) in [6, 6.07) is 8.10. The number of nitrogens with zero attached hydrogens (tertiary/aromatic N) is 2. The molecule has 0 saturated carbocycles. The highest BCUT2D eigenvalue weighted by Gasteiger charge is 2.13. The fourth-order valence-electron chi connectivity index (χ4n) is 1.58. The first-order valence-electron chi connectivity index (χ1n) is 5.54. The van der Waals surface area contributed by atoms with E-state index in [4.69, 9.17) is 5.26 Å². The van der Waals surface area contributed by atoms with E-state index in [0.29, 0.717) is 6.42 Å². The number of hydrogen-bond acceptors (Lipinski definition) is 3. The minimum absolute atomic E-state index is 0.161. The molecule has 0 saturated heterocycles. The van der Waals surface area contributed by atoms with Crippen LogP contribution < -0.4 is 4.90 Å². The fraction of sp³-hybridized carbons (Fsp3) is 0.462. The zero-order chi connectivity index (χ0) is 13.0. The zero-order valence-corrected chi connectivity index (χ0v) is 11.9. The van der Waals surface area contributed by atoms with Gasteiger partial charge in [-0.2, -0.15) is 5.26 Å². The van der Waals surface area contributed by atoms with E-state index in [1.807, 2.05) is 32.2 Å². The molecular formula is C13H17BrN2O. The maximum absolute atomic E-state index is 9.49. The molecule has 0 bridgehead atoms. The Kier molecular flexibility index (Phi) is 4.98. The molecule has 0 amide bonds. The first-order chi connectivity index (χ1) is 7.97. The maximum atomic E-state index is 9.49. The van der Waals surface area contributed by atoms with Crippen LogP contribution in [-0.4, -0.2) is 18.2 Å². The molecule has 0 heterocycles. The SMILES string of the molecule is CC(CC#N)N(C)c1ccc([C@@H](C)O)cc1Br. The highest BCUT2D eigenvalue weighted by atomic mass is 79.9. The third-order valence-corrected chi connectivity index (χ3v) is 3.52. The molecule has 0 aliphatic heterocycles. The molecule has 1 rings (SSSR count). The van der Waals surface area contributed by atoms with Crippen molar-refractivity contribution < 1.29 is 5.11 Å². The van der Waals surface area contributed by atoms with Crippen molar-refractivity contribution in [3.05, 3.63) is 28.2 Å². The molecule has 3 nitrogen and oxygen atoms in total. The van der Waals surface area contributed by atoms with Gasteiger partial charge in [-0.05, 0) is 47.5 Å². The highest BCUT2D eigenvalue weighted by Crippen LogP contribution is 2.30. The Morgan fingerprint density at radius 1 is 1.47 bits per heavy atom. The smallest absolute Gasteiger partial charge is 0.0762 e. The summed E-state index contributed by atoms with van der Waals surface area (Å²) in [5.41, 5.74) is 1.90. The molecule has 1 aromatic rings. The predicted octanol–water partition coefficient (Wildman–Crippen LogP) is 3.24. The number of anilines is 1. The monoisotopic (exact) mass is 296 g/mol. The lowest BCUT2D eigenvalue weighted by atomic mass is 10.1. The second-order valence-corrected chi connectivity index (χ2v) is 5.06. The van der Waals surface area contributed by atoms with Gasteiger partial charge in [0.15, 0.2) is 0 Å². The van der Waals surface area contributed by atoms with Gasteiger partial charge < -0.3 is 10.0 Å². The van der Waals surface area contributed by atoms with Gasteiger partial charge in [0, 0.05) is 17.6 Å². The molecule has 1 aromatic carbocycles. The van der Waals surface area contributed by atoms with Gasteiger partial charge in [0.1, 0.15) is 0 Å². The topological polar surface area (TPSA) is 47.3 Å². The Bertz CT molecular complexity index is 426. The Morgan fingerprint density at radius 2 is 2.12 bits per heavy atom. The Hall–Kier alpha value is -1.05. The molecule has 17 heavy (non-hydrogen) atoms. The van der Waals surface area contributed by atoms with Gasteiger partial charge in [0.05, 0.1) is 24.3 Å². The van der Waals surface area contributed by atoms with Crippen molar-refractivity contribution in [1.29, 1.82) is 5.26 Å². The van der Waals surface area contributed by atoms with Gasteiger partial charge in [-0.25, -0.2) is 0 Å². The van der Waals surface area contributed by atoms with E-state index < -0.39 is 6.10 Å². The van der Waals surface area contributed by atoms with E-state index in [-0.39, 0.29) is 6.04 Å². The van der Waals surface area contributed by atoms with Crippen molar-refractivity contribution in [3.63, 3.8) is 0 Å². The Morgan fingerprint density at radius 3 is 2.59 bits per heavy atom. The largest absolute Gasteiger partial charge is 0.389 e. The van der Waals surface area contributed by atoms with E-state index in [0.717, 1.165) is 15.7 Å². The summed E-state index contributed by atoms with van der Waals surface area (Å²) in [5.74, 6) is 0. The van der Waals surface area contributed by atoms with Gasteiger partial charge >= 0.3 is 0 Å². The first kappa shape index (κ1) is 14.0. The van der Waals surface area contributed by atoms with Crippen LogP contribution in [0.15, 0.2) is 22.7 Å². The summed E-state index contributed by atoms with van der Waals surface area (Å²) < 4.78 is 0.934. The minimum atomic E-state index is -0.470. The lowest BCUT2D eigenvalue weighted by Crippen LogP contribution is -2.28. The number of benzene rings is 1. The van der Waals surface area contributed by atoms with E-state index in [1.165, 1.54) is 0 Å². The molecule has 92 valence electrons. The second kappa shape index (κ2) is 6.04. The summed E-state index contributed by atoms with van der Waals surface area (Å²) in [7, 11) is 1.96. The molecule has 0 radical (unpaired) electrons. The molecule has 1 N–H and O–H groups in total. The predicted molar refractivity (Wildman–Crippen MR) is 72.9 cm³/mol. The van der Waals surface area contributed by atoms with Gasteiger partial charge in [0.2, 0.25) is 0 Å². The highest BCUT2D eigenvalue weighted by molar-refractivity contribution is 9.10. The van der Waals surface area contributed by atoms with Crippen molar-refractivity contribution in [1.82, 2.24) is 0 Å². The molecule has 4 heteroatoms. The molecule has 2 atom stereocenters. The van der Waals surface area contributed by atoms with Crippen LogP contribution in [-0.2, 0) is 0 Å². The average molecular weight is 297 g/mol. The summed E-state index contributed by atoms with van der Waals surface area (Å²) in [6.07, 6.45) is 0.0170. The summed E-state index contributed by atoms with van der Waals surface area (Å²) in [4.78, 5) is 2.05. The van der Waals surface area contributed by atoms with Crippen molar-refractivity contribution in [2.75, 3.05) is 11.9 Å². The third kappa shape index (κ3) is 3.45. The van der Waals surface area contributed by atoms with E-state index >= 15 is 0 Å². The van der Waals surface area contributed by atoms with Crippen molar-refractivity contribution in [2.24, 2.45) is 0 Å². The molecule has 0 aromatic heterocycles. The fourth-order valence-corrected chi connectivity index (χ4v) is 2.25. The molecule has 0 aliphatic carbocycles. The number of rotatable bonds is 4. The number of aliphatic hydroxyl groups is 1. The second-order valence-electron chi connectivity index (χ2n) is 4.21. The van der Waals surface area contributed by atoms with Gasteiger partial charge in [-0.1, -0.05) is 6.07 Å². The molecule has 1 unspecified atom stereocenters. The standard InChI is InChI=1S/C13H17BrN2O/c1-9(6-7-15)16(3)13-5-4-11(10(2)17)8-12(13)14/h4-5,8-10,17H,6H2,1-3H3/t9?,10-/m1/s1. The normalized spacial score (nSPS) is 13.9. The van der Waals surface area contributed by atoms with Gasteiger partial charge in [-0.15, -0.1) is 0 Å². The quantitative estimate of drug-likeness (QED) is 0.928. The van der Waals surface area contributed by atoms with E-state index in [2.05, 4.69) is 26.9 Å². The summed E-state index contributed by atoms with van der Waals surface area (Å²) in [5, 5.41) is 18.2. The molecule has 0 fully saturated rings. The van der Waals surface area contributed by atoms with Crippen LogP contribution in [0.5, 0.6) is 0 Å². The van der Waals surface area contributed by atoms with Crippen molar-refractivity contribution in [2.45, 2.75) is 32.4 Å².